The first-order chi connectivity index (χ1) is 15.6. The summed E-state index contributed by atoms with van der Waals surface area (Å²) in [5.41, 5.74) is 8.00. The molecule has 4 aromatic rings. The number of nitrogens with zero attached hydrogens (tertiary/aromatic N) is 1. The van der Waals surface area contributed by atoms with Crippen molar-refractivity contribution in [1.82, 2.24) is 4.57 Å². The Bertz CT molecular complexity index is 1200. The average molecular weight is 422 g/mol. The number of carbonyl (C=O) groups excluding carboxylic acids is 1. The van der Waals surface area contributed by atoms with E-state index in [-0.39, 0.29) is 11.7 Å². The molecule has 2 nitrogen and oxygen atoms in total. The normalized spacial score (nSPS) is 12.0. The molecule has 1 unspecified atom stereocenters. The first-order valence-corrected chi connectivity index (χ1v) is 11.5. The summed E-state index contributed by atoms with van der Waals surface area (Å²) in [6.45, 7) is 7.14. The highest BCUT2D eigenvalue weighted by molar-refractivity contribution is 6.01. The Morgan fingerprint density at radius 1 is 0.875 bits per heavy atom. The smallest absolute Gasteiger partial charge is 0.170 e. The SMILES string of the molecule is CCCc1cccn1Cc1ccccc1C(C)C(=O)c1ccc(-c2ccccc2C)cc1. The van der Waals surface area contributed by atoms with Gasteiger partial charge in [-0.3, -0.25) is 4.79 Å². The van der Waals surface area contributed by atoms with Crippen LogP contribution in [0.5, 0.6) is 0 Å². The van der Waals surface area contributed by atoms with Crippen molar-refractivity contribution < 1.29 is 4.79 Å². The van der Waals surface area contributed by atoms with Gasteiger partial charge in [0.05, 0.1) is 0 Å². The summed E-state index contributed by atoms with van der Waals surface area (Å²) < 4.78 is 2.30. The molecule has 0 amide bonds. The van der Waals surface area contributed by atoms with Crippen LogP contribution in [-0.2, 0) is 13.0 Å². The van der Waals surface area contributed by atoms with E-state index in [9.17, 15) is 4.79 Å². The molecule has 4 rings (SSSR count). The quantitative estimate of drug-likeness (QED) is 0.271. The second-order valence-corrected chi connectivity index (χ2v) is 8.55. The molecule has 1 atom stereocenters. The first-order valence-electron chi connectivity index (χ1n) is 11.5. The second kappa shape index (κ2) is 9.82. The topological polar surface area (TPSA) is 22.0 Å². The van der Waals surface area contributed by atoms with E-state index < -0.39 is 0 Å². The molecule has 3 aromatic carbocycles. The zero-order valence-corrected chi connectivity index (χ0v) is 19.2. The van der Waals surface area contributed by atoms with E-state index in [4.69, 9.17) is 0 Å². The molecule has 32 heavy (non-hydrogen) atoms. The van der Waals surface area contributed by atoms with Crippen LogP contribution in [0.3, 0.4) is 0 Å². The molecule has 0 fully saturated rings. The van der Waals surface area contributed by atoms with Crippen LogP contribution in [0, 0.1) is 6.92 Å². The van der Waals surface area contributed by atoms with Gasteiger partial charge in [-0.25, -0.2) is 0 Å². The summed E-state index contributed by atoms with van der Waals surface area (Å²) in [5.74, 6) is -0.0317. The van der Waals surface area contributed by atoms with Gasteiger partial charge >= 0.3 is 0 Å². The van der Waals surface area contributed by atoms with E-state index in [0.717, 1.165) is 36.1 Å². The van der Waals surface area contributed by atoms with Crippen LogP contribution >= 0.6 is 0 Å². The lowest BCUT2D eigenvalue weighted by atomic mass is 9.88. The van der Waals surface area contributed by atoms with Crippen molar-refractivity contribution in [2.75, 3.05) is 0 Å². The molecule has 0 saturated carbocycles. The molecule has 0 N–H and O–H groups in total. The summed E-state index contributed by atoms with van der Waals surface area (Å²) >= 11 is 0. The van der Waals surface area contributed by atoms with Crippen molar-refractivity contribution >= 4 is 5.78 Å². The van der Waals surface area contributed by atoms with Crippen molar-refractivity contribution in [2.24, 2.45) is 0 Å². The minimum atomic E-state index is -0.194. The predicted octanol–water partition coefficient (Wildman–Crippen LogP) is 7.45. The lowest BCUT2D eigenvalue weighted by Gasteiger charge is -2.18. The molecule has 2 heteroatoms. The number of hydrogen-bond donors (Lipinski definition) is 0. The molecule has 1 heterocycles. The number of hydrogen-bond acceptors (Lipinski definition) is 1. The highest BCUT2D eigenvalue weighted by Crippen LogP contribution is 2.28. The van der Waals surface area contributed by atoms with Gasteiger partial charge in [0.2, 0.25) is 0 Å². The van der Waals surface area contributed by atoms with Gasteiger partial charge in [0.1, 0.15) is 0 Å². The molecule has 0 aliphatic rings. The van der Waals surface area contributed by atoms with Gasteiger partial charge in [-0.2, -0.15) is 0 Å². The number of rotatable bonds is 8. The molecule has 162 valence electrons. The van der Waals surface area contributed by atoms with Crippen molar-refractivity contribution in [2.45, 2.75) is 46.1 Å². The Balaban J connectivity index is 1.57. The lowest BCUT2D eigenvalue weighted by Crippen LogP contribution is -2.13. The third kappa shape index (κ3) is 4.60. The standard InChI is InChI=1S/C30H31NO/c1-4-10-27-13-9-20-31(27)21-26-12-6-8-15-29(26)23(3)30(32)25-18-16-24(17-19-25)28-14-7-5-11-22(28)2/h5-9,11-20,23H,4,10,21H2,1-3H3. The van der Waals surface area contributed by atoms with Crippen LogP contribution in [0.15, 0.2) is 91.1 Å². The monoisotopic (exact) mass is 421 g/mol. The van der Waals surface area contributed by atoms with Gasteiger partial charge < -0.3 is 4.57 Å². The number of aryl methyl sites for hydroxylation is 2. The molecular weight excluding hydrogens is 390 g/mol. The maximum Gasteiger partial charge on any atom is 0.170 e. The van der Waals surface area contributed by atoms with Gasteiger partial charge in [-0.15, -0.1) is 0 Å². The fourth-order valence-corrected chi connectivity index (χ4v) is 4.47. The Hall–Kier alpha value is -3.39. The van der Waals surface area contributed by atoms with Gasteiger partial charge in [-0.05, 0) is 53.3 Å². The maximum atomic E-state index is 13.4. The van der Waals surface area contributed by atoms with Crippen molar-refractivity contribution in [3.63, 3.8) is 0 Å². The minimum Gasteiger partial charge on any atom is -0.347 e. The minimum absolute atomic E-state index is 0.162. The lowest BCUT2D eigenvalue weighted by molar-refractivity contribution is 0.0965. The predicted molar refractivity (Wildman–Crippen MR) is 133 cm³/mol. The van der Waals surface area contributed by atoms with E-state index in [1.54, 1.807) is 0 Å². The van der Waals surface area contributed by atoms with Crippen molar-refractivity contribution in [1.29, 1.82) is 0 Å². The van der Waals surface area contributed by atoms with E-state index >= 15 is 0 Å². The van der Waals surface area contributed by atoms with Crippen molar-refractivity contribution in [3.8, 4) is 11.1 Å². The third-order valence-electron chi connectivity index (χ3n) is 6.31. The summed E-state index contributed by atoms with van der Waals surface area (Å²) in [6.07, 6.45) is 4.33. The zero-order valence-electron chi connectivity index (χ0n) is 19.2. The largest absolute Gasteiger partial charge is 0.347 e. The molecule has 0 spiro atoms. The average Bonchev–Trinajstić information content (AvgIpc) is 3.26. The van der Waals surface area contributed by atoms with E-state index in [0.29, 0.717) is 0 Å². The van der Waals surface area contributed by atoms with Gasteiger partial charge in [0.15, 0.2) is 5.78 Å². The highest BCUT2D eigenvalue weighted by atomic mass is 16.1. The van der Waals surface area contributed by atoms with Crippen LogP contribution in [0.4, 0.5) is 0 Å². The fourth-order valence-electron chi connectivity index (χ4n) is 4.47. The third-order valence-corrected chi connectivity index (χ3v) is 6.31. The summed E-state index contributed by atoms with van der Waals surface area (Å²) in [5, 5.41) is 0. The zero-order chi connectivity index (χ0) is 22.5. The number of Topliss-reactive ketones (excluding diaryl/α,β-unsaturated/α-hetero) is 1. The Kier molecular flexibility index (Phi) is 6.70. The molecule has 0 bridgehead atoms. The number of ketones is 1. The fraction of sp³-hybridized carbons (Fsp3) is 0.233. The molecular formula is C30H31NO. The molecule has 1 aromatic heterocycles. The number of carbonyl (C=O) groups is 1. The first kappa shape index (κ1) is 21.8. The molecule has 0 saturated heterocycles. The van der Waals surface area contributed by atoms with E-state index in [1.807, 2.05) is 25.1 Å². The van der Waals surface area contributed by atoms with Crippen molar-refractivity contribution in [3.05, 3.63) is 119 Å². The van der Waals surface area contributed by atoms with Gasteiger partial charge in [-0.1, -0.05) is 93.1 Å². The second-order valence-electron chi connectivity index (χ2n) is 8.55. The highest BCUT2D eigenvalue weighted by Gasteiger charge is 2.20. The van der Waals surface area contributed by atoms with Gasteiger partial charge in [0.25, 0.3) is 0 Å². The molecule has 0 radical (unpaired) electrons. The van der Waals surface area contributed by atoms with Crippen LogP contribution in [0.1, 0.15) is 58.9 Å². The molecule has 0 aliphatic carbocycles. The van der Waals surface area contributed by atoms with Crippen LogP contribution < -0.4 is 0 Å². The Labute approximate surface area is 191 Å². The summed E-state index contributed by atoms with van der Waals surface area (Å²) in [6, 6.07) is 29.0. The maximum absolute atomic E-state index is 13.4. The Morgan fingerprint density at radius 3 is 2.34 bits per heavy atom. The van der Waals surface area contributed by atoms with Crippen LogP contribution in [0.25, 0.3) is 11.1 Å². The molecule has 0 aliphatic heterocycles. The number of benzene rings is 3. The number of aromatic nitrogens is 1. The van der Waals surface area contributed by atoms with Crippen LogP contribution in [-0.4, -0.2) is 10.4 Å². The Morgan fingerprint density at radius 2 is 1.59 bits per heavy atom. The summed E-state index contributed by atoms with van der Waals surface area (Å²) in [7, 11) is 0. The van der Waals surface area contributed by atoms with Crippen LogP contribution in [0.2, 0.25) is 0 Å². The summed E-state index contributed by atoms with van der Waals surface area (Å²) in [4.78, 5) is 13.4. The van der Waals surface area contributed by atoms with E-state index in [1.165, 1.54) is 22.4 Å². The van der Waals surface area contributed by atoms with E-state index in [2.05, 4.69) is 91.3 Å². The van der Waals surface area contributed by atoms with Gasteiger partial charge in [0, 0.05) is 29.9 Å².